The fourth-order valence-corrected chi connectivity index (χ4v) is 3.69. The molecule has 0 saturated carbocycles. The first kappa shape index (κ1) is 19.2. The van der Waals surface area contributed by atoms with Gasteiger partial charge in [-0.2, -0.15) is 5.10 Å². The van der Waals surface area contributed by atoms with Crippen LogP contribution in [0.4, 0.5) is 5.69 Å². The Morgan fingerprint density at radius 2 is 2.28 bits per heavy atom. The van der Waals surface area contributed by atoms with Gasteiger partial charge in [0.25, 0.3) is 5.91 Å². The number of nitrogens with zero attached hydrogens (tertiary/aromatic N) is 5. The number of aliphatic imine (C=N–C) groups is 1. The molecule has 2 aliphatic heterocycles. The molecule has 1 unspecified atom stereocenters. The SMILES string of the molecule is CCNC(=NCCCN1C(=O)COc2ccccc21)NC1CCc2ncnn2C1. The molecule has 1 atom stereocenters. The molecule has 9 heteroatoms. The van der Waals surface area contributed by atoms with Crippen LogP contribution in [0, 0.1) is 0 Å². The summed E-state index contributed by atoms with van der Waals surface area (Å²) < 4.78 is 7.45. The molecule has 0 fully saturated rings. The van der Waals surface area contributed by atoms with E-state index in [0.717, 1.165) is 55.6 Å². The van der Waals surface area contributed by atoms with Crippen LogP contribution in [-0.4, -0.2) is 58.9 Å². The molecule has 4 rings (SSSR count). The van der Waals surface area contributed by atoms with Crippen molar-refractivity contribution in [3.05, 3.63) is 36.4 Å². The zero-order valence-corrected chi connectivity index (χ0v) is 16.7. The molecule has 3 heterocycles. The lowest BCUT2D eigenvalue weighted by Gasteiger charge is -2.29. The maximum Gasteiger partial charge on any atom is 0.265 e. The van der Waals surface area contributed by atoms with Crippen LogP contribution >= 0.6 is 0 Å². The van der Waals surface area contributed by atoms with E-state index in [9.17, 15) is 4.79 Å². The molecule has 1 aromatic heterocycles. The molecule has 2 N–H and O–H groups in total. The molecule has 0 radical (unpaired) electrons. The molecule has 0 saturated heterocycles. The van der Waals surface area contributed by atoms with Crippen molar-refractivity contribution < 1.29 is 9.53 Å². The fraction of sp³-hybridized carbons (Fsp3) is 0.500. The summed E-state index contributed by atoms with van der Waals surface area (Å²) in [7, 11) is 0. The van der Waals surface area contributed by atoms with E-state index in [1.807, 2.05) is 28.9 Å². The summed E-state index contributed by atoms with van der Waals surface area (Å²) in [5.74, 6) is 2.59. The lowest BCUT2D eigenvalue weighted by molar-refractivity contribution is -0.121. The van der Waals surface area contributed by atoms with Gasteiger partial charge < -0.3 is 20.3 Å². The Kier molecular flexibility index (Phi) is 5.92. The third-order valence-electron chi connectivity index (χ3n) is 5.11. The van der Waals surface area contributed by atoms with Gasteiger partial charge in [-0.1, -0.05) is 12.1 Å². The molecule has 0 spiro atoms. The Hall–Kier alpha value is -3.10. The number of aryl methyl sites for hydroxylation is 1. The molecular formula is C20H27N7O2. The summed E-state index contributed by atoms with van der Waals surface area (Å²) in [6.45, 7) is 4.98. The highest BCUT2D eigenvalue weighted by Crippen LogP contribution is 2.31. The van der Waals surface area contributed by atoms with Crippen molar-refractivity contribution in [1.29, 1.82) is 0 Å². The molecular weight excluding hydrogens is 370 g/mol. The lowest BCUT2D eigenvalue weighted by atomic mass is 10.1. The smallest absolute Gasteiger partial charge is 0.265 e. The number of hydrogen-bond donors (Lipinski definition) is 2. The number of carbonyl (C=O) groups excluding carboxylic acids is 1. The summed E-state index contributed by atoms with van der Waals surface area (Å²) in [4.78, 5) is 23.0. The number of carbonyl (C=O) groups is 1. The minimum Gasteiger partial charge on any atom is -0.482 e. The van der Waals surface area contributed by atoms with E-state index >= 15 is 0 Å². The molecule has 9 nitrogen and oxygen atoms in total. The lowest BCUT2D eigenvalue weighted by Crippen LogP contribution is -2.47. The number of aromatic nitrogens is 3. The molecule has 29 heavy (non-hydrogen) atoms. The Morgan fingerprint density at radius 3 is 3.17 bits per heavy atom. The van der Waals surface area contributed by atoms with Crippen LogP contribution in [0.25, 0.3) is 0 Å². The van der Waals surface area contributed by atoms with Gasteiger partial charge in [-0.25, -0.2) is 9.67 Å². The third kappa shape index (κ3) is 4.49. The van der Waals surface area contributed by atoms with Gasteiger partial charge in [0, 0.05) is 32.1 Å². The Morgan fingerprint density at radius 1 is 1.38 bits per heavy atom. The highest BCUT2D eigenvalue weighted by Gasteiger charge is 2.24. The zero-order valence-electron chi connectivity index (χ0n) is 16.7. The predicted molar refractivity (Wildman–Crippen MR) is 110 cm³/mol. The highest BCUT2D eigenvalue weighted by atomic mass is 16.5. The number of nitrogens with one attached hydrogen (secondary N) is 2. The molecule has 1 amide bonds. The minimum atomic E-state index is -0.0106. The summed E-state index contributed by atoms with van der Waals surface area (Å²) in [6, 6.07) is 7.92. The van der Waals surface area contributed by atoms with Gasteiger partial charge in [-0.05, 0) is 31.9 Å². The van der Waals surface area contributed by atoms with Gasteiger partial charge in [0.2, 0.25) is 0 Å². The van der Waals surface area contributed by atoms with E-state index in [0.29, 0.717) is 13.1 Å². The average molecular weight is 397 g/mol. The van der Waals surface area contributed by atoms with Crippen molar-refractivity contribution >= 4 is 17.6 Å². The van der Waals surface area contributed by atoms with Crippen molar-refractivity contribution in [1.82, 2.24) is 25.4 Å². The first-order valence-corrected chi connectivity index (χ1v) is 10.2. The number of benzene rings is 1. The second-order valence-electron chi connectivity index (χ2n) is 7.15. The van der Waals surface area contributed by atoms with Crippen LogP contribution < -0.4 is 20.3 Å². The Balaban J connectivity index is 1.32. The monoisotopic (exact) mass is 397 g/mol. The normalized spacial score (nSPS) is 18.7. The summed E-state index contributed by atoms with van der Waals surface area (Å²) in [6.07, 6.45) is 4.30. The van der Waals surface area contributed by atoms with Crippen molar-refractivity contribution in [2.75, 3.05) is 31.1 Å². The second-order valence-corrected chi connectivity index (χ2v) is 7.15. The Bertz CT molecular complexity index is 879. The van der Waals surface area contributed by atoms with E-state index in [1.54, 1.807) is 11.2 Å². The topological polar surface area (TPSA) is 96.7 Å². The van der Waals surface area contributed by atoms with Crippen molar-refractivity contribution in [3.63, 3.8) is 0 Å². The minimum absolute atomic E-state index is 0.0106. The number of fused-ring (bicyclic) bond motifs is 2. The Labute approximate surface area is 170 Å². The van der Waals surface area contributed by atoms with Crippen molar-refractivity contribution in [2.45, 2.75) is 38.8 Å². The second kappa shape index (κ2) is 8.93. The molecule has 0 aliphatic carbocycles. The number of hydrogen-bond acceptors (Lipinski definition) is 5. The summed E-state index contributed by atoms with van der Waals surface area (Å²) >= 11 is 0. The van der Waals surface area contributed by atoms with Crippen LogP contribution in [0.2, 0.25) is 0 Å². The van der Waals surface area contributed by atoms with Gasteiger partial charge in [-0.3, -0.25) is 9.79 Å². The van der Waals surface area contributed by atoms with E-state index in [1.165, 1.54) is 0 Å². The zero-order chi connectivity index (χ0) is 20.1. The maximum absolute atomic E-state index is 12.3. The highest BCUT2D eigenvalue weighted by molar-refractivity contribution is 5.97. The van der Waals surface area contributed by atoms with Gasteiger partial charge in [0.15, 0.2) is 12.6 Å². The number of anilines is 1. The first-order chi connectivity index (χ1) is 14.2. The fourth-order valence-electron chi connectivity index (χ4n) is 3.69. The molecule has 154 valence electrons. The van der Waals surface area contributed by atoms with Gasteiger partial charge in [-0.15, -0.1) is 0 Å². The van der Waals surface area contributed by atoms with Crippen LogP contribution in [0.5, 0.6) is 5.75 Å². The number of ether oxygens (including phenoxy) is 1. The maximum atomic E-state index is 12.3. The van der Waals surface area contributed by atoms with Crippen molar-refractivity contribution in [3.8, 4) is 5.75 Å². The molecule has 2 aliphatic rings. The van der Waals surface area contributed by atoms with Crippen LogP contribution in [-0.2, 0) is 17.8 Å². The van der Waals surface area contributed by atoms with E-state index in [4.69, 9.17) is 9.73 Å². The standard InChI is InChI=1S/C20H27N7O2/c1-2-21-20(25-15-8-9-18-23-14-24-27(18)12-15)22-10-5-11-26-16-6-3-4-7-17(16)29-13-19(26)28/h3-4,6-7,14-15H,2,5,8-13H2,1H3,(H2,21,22,25). The molecule has 0 bridgehead atoms. The largest absolute Gasteiger partial charge is 0.482 e. The number of guanidine groups is 1. The summed E-state index contributed by atoms with van der Waals surface area (Å²) in [5.41, 5.74) is 0.837. The van der Waals surface area contributed by atoms with Crippen LogP contribution in [0.3, 0.4) is 0 Å². The number of amides is 1. The van der Waals surface area contributed by atoms with E-state index < -0.39 is 0 Å². The quantitative estimate of drug-likeness (QED) is 0.428. The van der Waals surface area contributed by atoms with E-state index in [2.05, 4.69) is 27.6 Å². The van der Waals surface area contributed by atoms with Gasteiger partial charge in [0.05, 0.1) is 12.2 Å². The summed E-state index contributed by atoms with van der Waals surface area (Å²) in [5, 5.41) is 11.1. The predicted octanol–water partition coefficient (Wildman–Crippen LogP) is 0.964. The average Bonchev–Trinajstić information content (AvgIpc) is 3.20. The number of rotatable bonds is 6. The molecule has 1 aromatic carbocycles. The van der Waals surface area contributed by atoms with Crippen molar-refractivity contribution in [2.24, 2.45) is 4.99 Å². The van der Waals surface area contributed by atoms with E-state index in [-0.39, 0.29) is 18.6 Å². The van der Waals surface area contributed by atoms with Gasteiger partial charge in [0.1, 0.15) is 17.9 Å². The number of para-hydroxylation sites is 2. The van der Waals surface area contributed by atoms with Crippen LogP contribution in [0.15, 0.2) is 35.6 Å². The first-order valence-electron chi connectivity index (χ1n) is 10.2. The van der Waals surface area contributed by atoms with Gasteiger partial charge >= 0.3 is 0 Å². The molecule has 2 aromatic rings. The van der Waals surface area contributed by atoms with Crippen LogP contribution in [0.1, 0.15) is 25.6 Å². The third-order valence-corrected chi connectivity index (χ3v) is 5.11.